The number of urea groups is 3. The van der Waals surface area contributed by atoms with Gasteiger partial charge in [-0.05, 0) is 51.4 Å². The molecule has 0 spiro atoms. The molecule has 6 saturated heterocycles. The minimum absolute atomic E-state index is 0.0492. The fraction of sp³-hybridized carbons (Fsp3) is 0.722. The van der Waals surface area contributed by atoms with E-state index in [0.717, 1.165) is 36.5 Å². The molecule has 0 radical (unpaired) electrons. The number of carbonyl (C=O) groups is 12. The van der Waals surface area contributed by atoms with Crippen LogP contribution < -0.4 is 34.4 Å². The van der Waals surface area contributed by atoms with Crippen LogP contribution >= 0.6 is 35.3 Å². The Morgan fingerprint density at radius 1 is 0.494 bits per heavy atom. The number of primary amides is 3. The number of likely N-dealkylation sites (tertiary alicyclic amines) is 3. The summed E-state index contributed by atoms with van der Waals surface area (Å²) in [6.45, 7) is 11.1. The molecule has 480 valence electrons. The van der Waals surface area contributed by atoms with Crippen molar-refractivity contribution in [2.75, 3.05) is 76.2 Å². The van der Waals surface area contributed by atoms with Crippen LogP contribution in [0, 0.1) is 0 Å². The van der Waals surface area contributed by atoms with Crippen molar-refractivity contribution in [3.63, 3.8) is 0 Å². The minimum atomic E-state index is -1.03. The van der Waals surface area contributed by atoms with E-state index in [9.17, 15) is 57.5 Å². The van der Waals surface area contributed by atoms with Crippen molar-refractivity contribution >= 4 is 126 Å². The summed E-state index contributed by atoms with van der Waals surface area (Å²) in [6, 6.07) is -8.70. The van der Waals surface area contributed by atoms with Crippen molar-refractivity contribution in [3.05, 3.63) is 0 Å². The van der Waals surface area contributed by atoms with Gasteiger partial charge in [-0.1, -0.05) is 27.2 Å². The van der Waals surface area contributed by atoms with Crippen LogP contribution in [0.5, 0.6) is 0 Å². The van der Waals surface area contributed by atoms with E-state index in [4.69, 9.17) is 34.4 Å². The van der Waals surface area contributed by atoms with E-state index in [1.54, 1.807) is 26.5 Å². The Labute approximate surface area is 518 Å². The molecule has 9 aliphatic heterocycles. The molecular formula is C54H84N18O12S3. The highest BCUT2D eigenvalue weighted by atomic mass is 32.2. The molecule has 9 aliphatic rings. The van der Waals surface area contributed by atoms with Crippen LogP contribution in [0.1, 0.15) is 97.8 Å². The van der Waals surface area contributed by atoms with Crippen molar-refractivity contribution in [1.29, 1.82) is 0 Å². The second-order valence-electron chi connectivity index (χ2n) is 22.9. The summed E-state index contributed by atoms with van der Waals surface area (Å²) in [6.07, 6.45) is 10.1. The summed E-state index contributed by atoms with van der Waals surface area (Å²) in [5, 5.41) is 1.06. The number of amides is 15. The lowest BCUT2D eigenvalue weighted by Gasteiger charge is -2.36. The van der Waals surface area contributed by atoms with Gasteiger partial charge < -0.3 is 63.8 Å². The number of hydrogen-bond acceptors (Lipinski definition) is 18. The molecule has 0 aromatic rings. The van der Waals surface area contributed by atoms with Gasteiger partial charge in [0, 0.05) is 111 Å². The number of nitrogens with two attached hydrogens (primary N) is 6. The number of carbonyl (C=O) groups excluding carboxylic acids is 12. The first-order valence-corrected chi connectivity index (χ1v) is 33.0. The third-order valence-electron chi connectivity index (χ3n) is 16.8. The standard InChI is InChI=1S/C19H30N6O4S.C18H28N6O4S.C17H26N6O4S/c1-2-4-12-10-23(7-8-30-12)19(29)25-11-22-17(27)15(25)9-13(20)18(28)24-6-3-5-14(24)16(21)26;1-2-11-9-22(6-7-29-11)18(28)24-10-21-16(26)14(24)8-12(19)17(27)23-5-3-4-13(23)15(20)25;1-10-8-21(5-6-28-10)17(27)23-9-20-15(25)13(23)7-11(18)16(26)22-4-2-3-12(22)14(19)24/h11-15H,2-10,20H2,1H3,(H2,21,26);10-14H,2-9,19H2,1H3,(H2,20,25);9-13H,2-8,18H2,1H3,(H2,19,24)/t12?,13-,14-,15?;11?,12-,13-,14?;10?,11-,12-,13?/m000/s1. The highest BCUT2D eigenvalue weighted by Gasteiger charge is 2.45. The topological polar surface area (TPSA) is 427 Å². The van der Waals surface area contributed by atoms with E-state index in [0.29, 0.717) is 113 Å². The predicted molar refractivity (Wildman–Crippen MR) is 327 cm³/mol. The maximum absolute atomic E-state index is 13.1. The molecular weight excluding hydrogens is 1190 g/mol. The second kappa shape index (κ2) is 31.2. The lowest BCUT2D eigenvalue weighted by Crippen LogP contribution is -2.55. The van der Waals surface area contributed by atoms with Crippen molar-refractivity contribution < 1.29 is 57.5 Å². The Hall–Kier alpha value is -6.42. The Bertz CT molecular complexity index is 2710. The number of aliphatic imine (C=N–C) groups is 3. The average Bonchev–Trinajstić information content (AvgIpc) is 2.23. The Morgan fingerprint density at radius 3 is 1.14 bits per heavy atom. The molecule has 9 rings (SSSR count). The van der Waals surface area contributed by atoms with Gasteiger partial charge in [-0.3, -0.25) is 57.9 Å². The number of thioether (sulfide) groups is 3. The van der Waals surface area contributed by atoms with Crippen molar-refractivity contribution in [1.82, 2.24) is 44.1 Å². The van der Waals surface area contributed by atoms with Crippen molar-refractivity contribution in [2.24, 2.45) is 49.4 Å². The van der Waals surface area contributed by atoms with Crippen LogP contribution in [0.15, 0.2) is 15.0 Å². The molecule has 33 heteroatoms. The molecule has 0 bridgehead atoms. The molecule has 0 aromatic carbocycles. The molecule has 6 unspecified atom stereocenters. The molecule has 0 aromatic heterocycles. The Morgan fingerprint density at radius 2 is 0.816 bits per heavy atom. The SMILES string of the molecule is CC1CN(C(=O)N2C=NC(=O)C2C[C@H](N)C(=O)N2CCC[C@H]2C(N)=O)CCS1.CCC1CN(C(=O)N2C=NC(=O)C2C[C@H](N)C(=O)N2CCC[C@H]2C(N)=O)CCS1.CCCC1CN(C(=O)N2C=NC(=O)C2C[C@H](N)C(=O)N2CCC[C@H]2C(N)=O)CCS1. The van der Waals surface area contributed by atoms with Gasteiger partial charge in [0.05, 0.1) is 18.1 Å². The zero-order chi connectivity index (χ0) is 63.4. The minimum Gasteiger partial charge on any atom is -0.368 e. The number of nitrogens with zero attached hydrogens (tertiary/aromatic N) is 12. The molecule has 12 atom stereocenters. The van der Waals surface area contributed by atoms with E-state index in [1.807, 2.05) is 30.4 Å². The summed E-state index contributed by atoms with van der Waals surface area (Å²) >= 11 is 5.49. The molecule has 9 heterocycles. The first-order chi connectivity index (χ1) is 41.4. The third kappa shape index (κ3) is 16.7. The van der Waals surface area contributed by atoms with Crippen LogP contribution in [-0.4, -0.2) is 281 Å². The molecule has 15 amide bonds. The van der Waals surface area contributed by atoms with E-state index in [2.05, 4.69) is 28.8 Å². The maximum Gasteiger partial charge on any atom is 0.326 e. The predicted octanol–water partition coefficient (Wildman–Crippen LogP) is -1.90. The normalized spacial score (nSPS) is 28.1. The van der Waals surface area contributed by atoms with E-state index in [1.165, 1.54) is 48.4 Å². The van der Waals surface area contributed by atoms with Crippen LogP contribution in [0.2, 0.25) is 0 Å². The van der Waals surface area contributed by atoms with Gasteiger partial charge >= 0.3 is 18.1 Å². The fourth-order valence-corrected chi connectivity index (χ4v) is 15.6. The average molecular weight is 1270 g/mol. The molecule has 0 aliphatic carbocycles. The molecule has 6 fully saturated rings. The largest absolute Gasteiger partial charge is 0.368 e. The zero-order valence-electron chi connectivity index (χ0n) is 49.6. The van der Waals surface area contributed by atoms with Crippen LogP contribution in [-0.2, 0) is 43.2 Å². The van der Waals surface area contributed by atoms with Crippen LogP contribution in [0.25, 0.3) is 0 Å². The van der Waals surface area contributed by atoms with Crippen molar-refractivity contribution in [2.45, 2.75) is 168 Å². The van der Waals surface area contributed by atoms with Gasteiger partial charge in [-0.25, -0.2) is 29.4 Å². The Kier molecular flexibility index (Phi) is 24.4. The molecule has 87 heavy (non-hydrogen) atoms. The lowest BCUT2D eigenvalue weighted by atomic mass is 10.0. The van der Waals surface area contributed by atoms with Gasteiger partial charge in [0.15, 0.2) is 0 Å². The highest BCUT2D eigenvalue weighted by molar-refractivity contribution is 8.00. The first-order valence-electron chi connectivity index (χ1n) is 29.8. The van der Waals surface area contributed by atoms with Gasteiger partial charge in [0.2, 0.25) is 35.4 Å². The highest BCUT2D eigenvalue weighted by Crippen LogP contribution is 2.29. The quantitative estimate of drug-likeness (QED) is 0.104. The van der Waals surface area contributed by atoms with Crippen LogP contribution in [0.3, 0.4) is 0 Å². The number of hydrogen-bond donors (Lipinski definition) is 6. The fourth-order valence-electron chi connectivity index (χ4n) is 12.1. The summed E-state index contributed by atoms with van der Waals surface area (Å²) < 4.78 is 0. The summed E-state index contributed by atoms with van der Waals surface area (Å²) in [5.41, 5.74) is 34.3. The molecule has 30 nitrogen and oxygen atoms in total. The van der Waals surface area contributed by atoms with Gasteiger partial charge in [0.1, 0.15) is 55.3 Å². The van der Waals surface area contributed by atoms with Gasteiger partial charge in [-0.2, -0.15) is 35.3 Å². The first kappa shape index (κ1) is 68.1. The number of rotatable bonds is 15. The smallest absolute Gasteiger partial charge is 0.326 e. The molecule has 12 N–H and O–H groups in total. The summed E-state index contributed by atoms with van der Waals surface area (Å²) in [7, 11) is 0. The van der Waals surface area contributed by atoms with Crippen LogP contribution in [0.4, 0.5) is 14.4 Å². The summed E-state index contributed by atoms with van der Waals surface area (Å²) in [4.78, 5) is 173. The van der Waals surface area contributed by atoms with Crippen molar-refractivity contribution in [3.8, 4) is 0 Å². The second-order valence-corrected chi connectivity index (χ2v) is 27.2. The van der Waals surface area contributed by atoms with E-state index >= 15 is 0 Å². The third-order valence-corrected chi connectivity index (χ3v) is 20.6. The maximum atomic E-state index is 13.1. The Balaban J connectivity index is 0.000000187. The molecule has 0 saturated carbocycles. The lowest BCUT2D eigenvalue weighted by molar-refractivity contribution is -0.139. The summed E-state index contributed by atoms with van der Waals surface area (Å²) in [5.74, 6) is -1.94. The van der Waals surface area contributed by atoms with Gasteiger partial charge in [0.25, 0.3) is 17.7 Å². The monoisotopic (exact) mass is 1270 g/mol. The van der Waals surface area contributed by atoms with Gasteiger partial charge in [-0.15, -0.1) is 0 Å². The zero-order valence-corrected chi connectivity index (χ0v) is 52.0. The van der Waals surface area contributed by atoms with E-state index < -0.39 is 108 Å². The van der Waals surface area contributed by atoms with E-state index in [-0.39, 0.29) is 37.4 Å².